The number of aryl methyl sites for hydroxylation is 3. The van der Waals surface area contributed by atoms with E-state index in [1.54, 1.807) is 12.1 Å². The highest BCUT2D eigenvalue weighted by Crippen LogP contribution is 2.23. The molecule has 1 N–H and O–H groups in total. The SMILES string of the molecule is Cc1ccc(NC(=O)Cc2c(C)nc3ccccc3c2C)c(F)c1. The molecule has 0 fully saturated rings. The van der Waals surface area contributed by atoms with Crippen LogP contribution in [0.25, 0.3) is 10.9 Å². The van der Waals surface area contributed by atoms with Crippen molar-refractivity contribution in [2.75, 3.05) is 5.32 Å². The number of nitrogens with zero attached hydrogens (tertiary/aromatic N) is 1. The Labute approximate surface area is 140 Å². The van der Waals surface area contributed by atoms with Gasteiger partial charge in [0.05, 0.1) is 17.6 Å². The van der Waals surface area contributed by atoms with E-state index in [9.17, 15) is 9.18 Å². The molecule has 0 aliphatic carbocycles. The molecule has 1 heterocycles. The first kappa shape index (κ1) is 16.1. The summed E-state index contributed by atoms with van der Waals surface area (Å²) >= 11 is 0. The Morgan fingerprint density at radius 2 is 1.88 bits per heavy atom. The normalized spacial score (nSPS) is 10.8. The van der Waals surface area contributed by atoms with Crippen molar-refractivity contribution in [3.05, 3.63) is 70.7 Å². The molecule has 0 saturated carbocycles. The maximum atomic E-state index is 13.9. The first-order chi connectivity index (χ1) is 11.5. The van der Waals surface area contributed by atoms with E-state index in [0.717, 1.165) is 33.3 Å². The van der Waals surface area contributed by atoms with E-state index < -0.39 is 5.82 Å². The van der Waals surface area contributed by atoms with Crippen molar-refractivity contribution < 1.29 is 9.18 Å². The number of aromatic nitrogens is 1. The number of rotatable bonds is 3. The lowest BCUT2D eigenvalue weighted by atomic mass is 9.99. The minimum absolute atomic E-state index is 0.169. The molecule has 0 spiro atoms. The second-order valence-corrected chi connectivity index (χ2v) is 6.03. The summed E-state index contributed by atoms with van der Waals surface area (Å²) in [5.74, 6) is -0.672. The third-order valence-electron chi connectivity index (χ3n) is 4.22. The number of halogens is 1. The molecule has 3 aromatic rings. The molecular weight excluding hydrogens is 303 g/mol. The Morgan fingerprint density at radius 3 is 2.62 bits per heavy atom. The summed E-state index contributed by atoms with van der Waals surface area (Å²) < 4.78 is 13.9. The van der Waals surface area contributed by atoms with Gasteiger partial charge in [0.15, 0.2) is 0 Å². The predicted molar refractivity (Wildman–Crippen MR) is 94.7 cm³/mol. The molecule has 3 nitrogen and oxygen atoms in total. The number of carbonyl (C=O) groups excluding carboxylic acids is 1. The number of anilines is 1. The van der Waals surface area contributed by atoms with Crippen LogP contribution in [0.4, 0.5) is 10.1 Å². The highest BCUT2D eigenvalue weighted by atomic mass is 19.1. The van der Waals surface area contributed by atoms with Crippen LogP contribution in [0.5, 0.6) is 0 Å². The maximum absolute atomic E-state index is 13.9. The minimum atomic E-state index is -0.423. The molecule has 0 atom stereocenters. The van der Waals surface area contributed by atoms with E-state index in [1.165, 1.54) is 6.07 Å². The molecule has 0 aliphatic rings. The van der Waals surface area contributed by atoms with Gasteiger partial charge >= 0.3 is 0 Å². The van der Waals surface area contributed by atoms with Crippen molar-refractivity contribution in [3.8, 4) is 0 Å². The van der Waals surface area contributed by atoms with E-state index in [1.807, 2.05) is 45.0 Å². The van der Waals surface area contributed by atoms with Crippen LogP contribution in [0.2, 0.25) is 0 Å². The monoisotopic (exact) mass is 322 g/mol. The first-order valence-electron chi connectivity index (χ1n) is 7.86. The molecule has 122 valence electrons. The fraction of sp³-hybridized carbons (Fsp3) is 0.200. The molecule has 4 heteroatoms. The first-order valence-corrected chi connectivity index (χ1v) is 7.86. The van der Waals surface area contributed by atoms with E-state index in [2.05, 4.69) is 10.3 Å². The molecule has 24 heavy (non-hydrogen) atoms. The van der Waals surface area contributed by atoms with Gasteiger partial charge in [-0.1, -0.05) is 24.3 Å². The zero-order valence-electron chi connectivity index (χ0n) is 14.0. The third kappa shape index (κ3) is 3.13. The van der Waals surface area contributed by atoms with Gasteiger partial charge in [0.2, 0.25) is 5.91 Å². The number of para-hydroxylation sites is 1. The van der Waals surface area contributed by atoms with Crippen molar-refractivity contribution in [2.24, 2.45) is 0 Å². The van der Waals surface area contributed by atoms with Crippen LogP contribution < -0.4 is 5.32 Å². The number of hydrogen-bond donors (Lipinski definition) is 1. The molecule has 2 aromatic carbocycles. The Morgan fingerprint density at radius 1 is 1.12 bits per heavy atom. The van der Waals surface area contributed by atoms with Gasteiger partial charge in [-0.05, 0) is 55.7 Å². The molecule has 1 amide bonds. The number of amides is 1. The van der Waals surface area contributed by atoms with E-state index in [-0.39, 0.29) is 18.0 Å². The van der Waals surface area contributed by atoms with Crippen molar-refractivity contribution in [1.29, 1.82) is 0 Å². The van der Waals surface area contributed by atoms with Crippen LogP contribution in [0.3, 0.4) is 0 Å². The van der Waals surface area contributed by atoms with Gasteiger partial charge in [0.1, 0.15) is 5.82 Å². The standard InChI is InChI=1S/C20H19FN2O/c1-12-8-9-19(17(21)10-12)23-20(24)11-16-13(2)15-6-4-5-7-18(15)22-14(16)3/h4-10H,11H2,1-3H3,(H,23,24). The number of pyridine rings is 1. The van der Waals surface area contributed by atoms with Crippen LogP contribution in [0, 0.1) is 26.6 Å². The molecule has 0 radical (unpaired) electrons. The summed E-state index contributed by atoms with van der Waals surface area (Å²) in [7, 11) is 0. The second-order valence-electron chi connectivity index (χ2n) is 6.03. The fourth-order valence-corrected chi connectivity index (χ4v) is 2.91. The molecule has 0 unspecified atom stereocenters. The minimum Gasteiger partial charge on any atom is -0.323 e. The quantitative estimate of drug-likeness (QED) is 0.772. The van der Waals surface area contributed by atoms with Crippen LogP contribution in [-0.4, -0.2) is 10.9 Å². The smallest absolute Gasteiger partial charge is 0.228 e. The highest BCUT2D eigenvalue weighted by molar-refractivity contribution is 5.94. The number of carbonyl (C=O) groups is 1. The largest absolute Gasteiger partial charge is 0.323 e. The average Bonchev–Trinajstić information content (AvgIpc) is 2.54. The van der Waals surface area contributed by atoms with Gasteiger partial charge in [-0.25, -0.2) is 4.39 Å². The van der Waals surface area contributed by atoms with Gasteiger partial charge < -0.3 is 5.32 Å². The van der Waals surface area contributed by atoms with Crippen molar-refractivity contribution in [3.63, 3.8) is 0 Å². The van der Waals surface area contributed by atoms with E-state index in [0.29, 0.717) is 0 Å². The van der Waals surface area contributed by atoms with Gasteiger partial charge in [-0.2, -0.15) is 0 Å². The third-order valence-corrected chi connectivity index (χ3v) is 4.22. The van der Waals surface area contributed by atoms with Crippen molar-refractivity contribution >= 4 is 22.5 Å². The number of fused-ring (bicyclic) bond motifs is 1. The van der Waals surface area contributed by atoms with Gasteiger partial charge in [0.25, 0.3) is 0 Å². The van der Waals surface area contributed by atoms with Gasteiger partial charge in [0, 0.05) is 11.1 Å². The van der Waals surface area contributed by atoms with Crippen LogP contribution in [0.1, 0.15) is 22.4 Å². The lowest BCUT2D eigenvalue weighted by molar-refractivity contribution is -0.115. The number of benzene rings is 2. The lowest BCUT2D eigenvalue weighted by Crippen LogP contribution is -2.17. The molecule has 0 saturated heterocycles. The van der Waals surface area contributed by atoms with Gasteiger partial charge in [-0.15, -0.1) is 0 Å². The van der Waals surface area contributed by atoms with Crippen LogP contribution in [0.15, 0.2) is 42.5 Å². The molecule has 1 aromatic heterocycles. The maximum Gasteiger partial charge on any atom is 0.228 e. The summed E-state index contributed by atoms with van der Waals surface area (Å²) in [4.78, 5) is 16.9. The summed E-state index contributed by atoms with van der Waals surface area (Å²) in [6.45, 7) is 5.70. The van der Waals surface area contributed by atoms with Gasteiger partial charge in [-0.3, -0.25) is 9.78 Å². The highest BCUT2D eigenvalue weighted by Gasteiger charge is 2.14. The molecule has 0 bridgehead atoms. The van der Waals surface area contributed by atoms with Crippen molar-refractivity contribution in [1.82, 2.24) is 4.98 Å². The second kappa shape index (κ2) is 6.40. The topological polar surface area (TPSA) is 42.0 Å². The zero-order valence-corrected chi connectivity index (χ0v) is 14.0. The van der Waals surface area contributed by atoms with Crippen LogP contribution in [-0.2, 0) is 11.2 Å². The Balaban J connectivity index is 1.88. The predicted octanol–water partition coefficient (Wildman–Crippen LogP) is 4.48. The van der Waals surface area contributed by atoms with E-state index in [4.69, 9.17) is 0 Å². The summed E-state index contributed by atoms with van der Waals surface area (Å²) in [5.41, 5.74) is 4.69. The molecule has 0 aliphatic heterocycles. The summed E-state index contributed by atoms with van der Waals surface area (Å²) in [6.07, 6.45) is 0.169. The Bertz CT molecular complexity index is 934. The Hall–Kier alpha value is -2.75. The number of hydrogen-bond acceptors (Lipinski definition) is 2. The summed E-state index contributed by atoms with van der Waals surface area (Å²) in [6, 6.07) is 12.6. The lowest BCUT2D eigenvalue weighted by Gasteiger charge is -2.13. The van der Waals surface area contributed by atoms with Crippen LogP contribution >= 0.6 is 0 Å². The number of nitrogens with one attached hydrogen (secondary N) is 1. The Kier molecular flexibility index (Phi) is 4.30. The van der Waals surface area contributed by atoms with Crippen molar-refractivity contribution in [2.45, 2.75) is 27.2 Å². The fourth-order valence-electron chi connectivity index (χ4n) is 2.91. The molecular formula is C20H19FN2O. The zero-order chi connectivity index (χ0) is 17.3. The van der Waals surface area contributed by atoms with E-state index >= 15 is 0 Å². The summed E-state index contributed by atoms with van der Waals surface area (Å²) in [5, 5.41) is 3.68. The molecule has 3 rings (SSSR count). The average molecular weight is 322 g/mol.